The summed E-state index contributed by atoms with van der Waals surface area (Å²) in [4.78, 5) is 11.3. The van der Waals surface area contributed by atoms with E-state index in [2.05, 4.69) is 10.6 Å². The van der Waals surface area contributed by atoms with Crippen LogP contribution in [0.2, 0.25) is 0 Å². The molecule has 0 radical (unpaired) electrons. The number of nitrogens with one attached hydrogen (secondary N) is 2. The first kappa shape index (κ1) is 17.4. The van der Waals surface area contributed by atoms with Crippen molar-refractivity contribution in [3.05, 3.63) is 0 Å². The normalized spacial score (nSPS) is 13.1. The van der Waals surface area contributed by atoms with E-state index in [1.54, 1.807) is 0 Å². The third-order valence-corrected chi connectivity index (χ3v) is 3.33. The third kappa shape index (κ3) is 11.9. The van der Waals surface area contributed by atoms with Gasteiger partial charge in [-0.1, -0.05) is 6.92 Å². The molecule has 0 spiro atoms. The lowest BCUT2D eigenvalue weighted by Crippen LogP contribution is -2.34. The first-order valence-corrected chi connectivity index (χ1v) is 7.86. The zero-order valence-electron chi connectivity index (χ0n) is 11.9. The molecule has 0 aromatic heterocycles. The Balaban J connectivity index is 3.35. The van der Waals surface area contributed by atoms with Gasteiger partial charge >= 0.3 is 6.09 Å². The predicted octanol–water partition coefficient (Wildman–Crippen LogP) is 1.26. The fourth-order valence-electron chi connectivity index (χ4n) is 1.17. The highest BCUT2D eigenvalue weighted by Crippen LogP contribution is 2.06. The molecule has 0 aromatic rings. The summed E-state index contributed by atoms with van der Waals surface area (Å²) in [6.07, 6.45) is 0.451. The number of hydrogen-bond donors (Lipinski definition) is 2. The highest BCUT2D eigenvalue weighted by atomic mass is 32.2. The molecule has 0 bridgehead atoms. The maximum atomic E-state index is 11.3. The Morgan fingerprint density at radius 2 is 1.89 bits per heavy atom. The van der Waals surface area contributed by atoms with E-state index in [0.29, 0.717) is 18.1 Å². The summed E-state index contributed by atoms with van der Waals surface area (Å²) in [7, 11) is -0.705. The molecule has 0 aromatic carbocycles. The summed E-state index contributed by atoms with van der Waals surface area (Å²) in [6, 6.07) is 0. The van der Waals surface area contributed by atoms with Crippen molar-refractivity contribution in [2.75, 3.05) is 31.1 Å². The molecule has 108 valence electrons. The van der Waals surface area contributed by atoms with Gasteiger partial charge in [-0.05, 0) is 33.7 Å². The van der Waals surface area contributed by atoms with E-state index in [1.165, 1.54) is 0 Å². The second-order valence-electron chi connectivity index (χ2n) is 4.96. The topological polar surface area (TPSA) is 67.4 Å². The van der Waals surface area contributed by atoms with Gasteiger partial charge < -0.3 is 15.4 Å². The summed E-state index contributed by atoms with van der Waals surface area (Å²) >= 11 is 0. The highest BCUT2D eigenvalue weighted by Gasteiger charge is 2.15. The van der Waals surface area contributed by atoms with Crippen molar-refractivity contribution in [1.82, 2.24) is 10.6 Å². The van der Waals surface area contributed by atoms with Gasteiger partial charge in [-0.3, -0.25) is 4.21 Å². The SMILES string of the molecule is CCS(=O)CCNCCCNC(=O)OC(C)(C)C. The van der Waals surface area contributed by atoms with Crippen LogP contribution in [0.1, 0.15) is 34.1 Å². The lowest BCUT2D eigenvalue weighted by Gasteiger charge is -2.19. The average molecular weight is 278 g/mol. The van der Waals surface area contributed by atoms with E-state index in [0.717, 1.165) is 19.5 Å². The largest absolute Gasteiger partial charge is 0.444 e. The Kier molecular flexibility index (Phi) is 9.01. The van der Waals surface area contributed by atoms with E-state index in [-0.39, 0.29) is 6.09 Å². The van der Waals surface area contributed by atoms with Gasteiger partial charge in [0, 0.05) is 35.4 Å². The molecule has 1 unspecified atom stereocenters. The Bertz CT molecular complexity index is 265. The molecule has 1 atom stereocenters. The molecule has 0 fully saturated rings. The lowest BCUT2D eigenvalue weighted by molar-refractivity contribution is 0.0527. The van der Waals surface area contributed by atoms with E-state index in [9.17, 15) is 9.00 Å². The van der Waals surface area contributed by atoms with Gasteiger partial charge in [-0.2, -0.15) is 0 Å². The Labute approximate surface area is 113 Å². The smallest absolute Gasteiger partial charge is 0.407 e. The molecule has 0 rings (SSSR count). The molecule has 0 aliphatic carbocycles. The molecular weight excluding hydrogens is 252 g/mol. The minimum atomic E-state index is -0.705. The summed E-state index contributed by atoms with van der Waals surface area (Å²) in [5.74, 6) is 1.40. The van der Waals surface area contributed by atoms with Crippen molar-refractivity contribution in [2.24, 2.45) is 0 Å². The fraction of sp³-hybridized carbons (Fsp3) is 0.917. The molecule has 0 aliphatic heterocycles. The second-order valence-corrected chi connectivity index (χ2v) is 6.83. The molecule has 0 aliphatic rings. The fourth-order valence-corrected chi connectivity index (χ4v) is 1.83. The van der Waals surface area contributed by atoms with Gasteiger partial charge in [0.05, 0.1) is 0 Å². The monoisotopic (exact) mass is 278 g/mol. The maximum Gasteiger partial charge on any atom is 0.407 e. The summed E-state index contributed by atoms with van der Waals surface area (Å²) in [6.45, 7) is 9.56. The van der Waals surface area contributed by atoms with Crippen LogP contribution in [0.3, 0.4) is 0 Å². The van der Waals surface area contributed by atoms with E-state index in [1.807, 2.05) is 27.7 Å². The van der Waals surface area contributed by atoms with Gasteiger partial charge in [-0.15, -0.1) is 0 Å². The number of amides is 1. The number of ether oxygens (including phenoxy) is 1. The zero-order chi connectivity index (χ0) is 14.0. The van der Waals surface area contributed by atoms with Crippen LogP contribution in [0.15, 0.2) is 0 Å². The van der Waals surface area contributed by atoms with E-state index < -0.39 is 16.4 Å². The molecule has 0 saturated carbocycles. The van der Waals surface area contributed by atoms with E-state index >= 15 is 0 Å². The first-order chi connectivity index (χ1) is 8.35. The van der Waals surface area contributed by atoms with Crippen molar-refractivity contribution >= 4 is 16.9 Å². The van der Waals surface area contributed by atoms with Crippen LogP contribution in [0, 0.1) is 0 Å². The van der Waals surface area contributed by atoms with Crippen molar-refractivity contribution < 1.29 is 13.7 Å². The number of carbonyl (C=O) groups is 1. The molecule has 0 saturated heterocycles. The van der Waals surface area contributed by atoms with Gasteiger partial charge in [-0.25, -0.2) is 4.79 Å². The molecule has 1 amide bonds. The second kappa shape index (κ2) is 9.33. The number of rotatable bonds is 8. The standard InChI is InChI=1S/C12H26N2O3S/c1-5-18(16)10-9-13-7-6-8-14-11(15)17-12(2,3)4/h13H,5-10H2,1-4H3,(H,14,15). The Morgan fingerprint density at radius 3 is 2.44 bits per heavy atom. The molecule has 5 nitrogen and oxygen atoms in total. The highest BCUT2D eigenvalue weighted by molar-refractivity contribution is 7.84. The van der Waals surface area contributed by atoms with Crippen molar-refractivity contribution in [3.8, 4) is 0 Å². The minimum Gasteiger partial charge on any atom is -0.444 e. The summed E-state index contributed by atoms with van der Waals surface area (Å²) in [5, 5.41) is 5.88. The van der Waals surface area contributed by atoms with Gasteiger partial charge in [0.2, 0.25) is 0 Å². The molecular formula is C12H26N2O3S. The van der Waals surface area contributed by atoms with Crippen LogP contribution in [-0.2, 0) is 15.5 Å². The summed E-state index contributed by atoms with van der Waals surface area (Å²) < 4.78 is 16.2. The lowest BCUT2D eigenvalue weighted by atomic mass is 10.2. The Hall–Kier alpha value is -0.620. The Morgan fingerprint density at radius 1 is 1.22 bits per heavy atom. The summed E-state index contributed by atoms with van der Waals surface area (Å²) in [5.41, 5.74) is -0.452. The minimum absolute atomic E-state index is 0.380. The zero-order valence-corrected chi connectivity index (χ0v) is 12.7. The molecule has 2 N–H and O–H groups in total. The van der Waals surface area contributed by atoms with E-state index in [4.69, 9.17) is 4.74 Å². The van der Waals surface area contributed by atoms with Gasteiger partial charge in [0.15, 0.2) is 0 Å². The maximum absolute atomic E-state index is 11.3. The third-order valence-electron chi connectivity index (χ3n) is 2.03. The van der Waals surface area contributed by atoms with Gasteiger partial charge in [0.1, 0.15) is 5.60 Å². The van der Waals surface area contributed by atoms with Gasteiger partial charge in [0.25, 0.3) is 0 Å². The van der Waals surface area contributed by atoms with Crippen LogP contribution < -0.4 is 10.6 Å². The quantitative estimate of drug-likeness (QED) is 0.656. The van der Waals surface area contributed by atoms with Crippen LogP contribution >= 0.6 is 0 Å². The molecule has 18 heavy (non-hydrogen) atoms. The van der Waals surface area contributed by atoms with Crippen molar-refractivity contribution in [2.45, 2.75) is 39.7 Å². The number of alkyl carbamates (subject to hydrolysis) is 1. The molecule has 6 heteroatoms. The predicted molar refractivity (Wildman–Crippen MR) is 75.3 cm³/mol. The number of carbonyl (C=O) groups excluding carboxylic acids is 1. The molecule has 0 heterocycles. The van der Waals surface area contributed by atoms with Crippen LogP contribution in [-0.4, -0.2) is 47.0 Å². The van der Waals surface area contributed by atoms with Crippen LogP contribution in [0.4, 0.5) is 4.79 Å². The van der Waals surface area contributed by atoms with Crippen molar-refractivity contribution in [1.29, 1.82) is 0 Å². The van der Waals surface area contributed by atoms with Crippen molar-refractivity contribution in [3.63, 3.8) is 0 Å². The number of hydrogen-bond acceptors (Lipinski definition) is 4. The van der Waals surface area contributed by atoms with Crippen LogP contribution in [0.25, 0.3) is 0 Å². The van der Waals surface area contributed by atoms with Crippen LogP contribution in [0.5, 0.6) is 0 Å². The average Bonchev–Trinajstić information content (AvgIpc) is 2.25. The first-order valence-electron chi connectivity index (χ1n) is 6.37.